The van der Waals surface area contributed by atoms with Crippen LogP contribution in [0.3, 0.4) is 0 Å². The zero-order chi connectivity index (χ0) is 21.5. The van der Waals surface area contributed by atoms with Crippen molar-refractivity contribution in [3.8, 4) is 5.75 Å². The van der Waals surface area contributed by atoms with E-state index < -0.39 is 6.04 Å². The lowest BCUT2D eigenvalue weighted by Crippen LogP contribution is -2.42. The molecule has 3 aromatic rings. The number of carbonyl (C=O) groups is 3. The van der Waals surface area contributed by atoms with E-state index in [0.717, 1.165) is 23.1 Å². The van der Waals surface area contributed by atoms with Crippen molar-refractivity contribution in [1.29, 1.82) is 0 Å². The Morgan fingerprint density at radius 2 is 2.03 bits per heavy atom. The minimum atomic E-state index is -0.695. The fourth-order valence-corrected chi connectivity index (χ4v) is 4.76. The summed E-state index contributed by atoms with van der Waals surface area (Å²) < 4.78 is 6.09. The number of carbonyl (C=O) groups excluding carboxylic acids is 3. The summed E-state index contributed by atoms with van der Waals surface area (Å²) in [4.78, 5) is 44.1. The van der Waals surface area contributed by atoms with E-state index in [2.05, 4.69) is 15.6 Å². The van der Waals surface area contributed by atoms with Crippen molar-refractivity contribution in [2.45, 2.75) is 24.9 Å². The molecule has 1 aliphatic heterocycles. The number of amides is 3. The quantitative estimate of drug-likeness (QED) is 0.619. The molecule has 158 valence electrons. The number of benzene rings is 2. The van der Waals surface area contributed by atoms with Crippen LogP contribution in [-0.4, -0.2) is 47.3 Å². The van der Waals surface area contributed by atoms with Gasteiger partial charge in [0.25, 0.3) is 5.91 Å². The molecule has 1 unspecified atom stereocenters. The molecule has 8 nitrogen and oxygen atoms in total. The Balaban J connectivity index is 1.26. The molecular weight excluding hydrogens is 416 g/mol. The van der Waals surface area contributed by atoms with Crippen LogP contribution in [0.5, 0.6) is 5.75 Å². The van der Waals surface area contributed by atoms with E-state index in [1.807, 2.05) is 18.2 Å². The first-order valence-corrected chi connectivity index (χ1v) is 10.8. The third kappa shape index (κ3) is 3.61. The molecule has 1 atom stereocenters. The highest BCUT2D eigenvalue weighted by molar-refractivity contribution is 7.22. The van der Waals surface area contributed by atoms with E-state index in [1.54, 1.807) is 36.3 Å². The van der Waals surface area contributed by atoms with Gasteiger partial charge in [-0.1, -0.05) is 29.5 Å². The minimum Gasteiger partial charge on any atom is -0.497 e. The largest absolute Gasteiger partial charge is 0.497 e. The number of anilines is 1. The summed E-state index contributed by atoms with van der Waals surface area (Å²) >= 11 is 1.33. The molecule has 31 heavy (non-hydrogen) atoms. The Morgan fingerprint density at radius 1 is 1.23 bits per heavy atom. The Hall–Kier alpha value is -3.46. The highest BCUT2D eigenvalue weighted by Gasteiger charge is 2.47. The summed E-state index contributed by atoms with van der Waals surface area (Å²) in [6.07, 6.45) is 1.79. The molecule has 2 aromatic carbocycles. The van der Waals surface area contributed by atoms with Crippen LogP contribution in [0.15, 0.2) is 42.5 Å². The van der Waals surface area contributed by atoms with Gasteiger partial charge in [0.1, 0.15) is 11.8 Å². The monoisotopic (exact) mass is 436 g/mol. The number of rotatable bonds is 6. The van der Waals surface area contributed by atoms with Crippen LogP contribution in [0.25, 0.3) is 10.2 Å². The first-order chi connectivity index (χ1) is 15.0. The minimum absolute atomic E-state index is 0.0872. The van der Waals surface area contributed by atoms with Gasteiger partial charge < -0.3 is 20.3 Å². The smallest absolute Gasteiger partial charge is 0.255 e. The number of aromatic nitrogens is 1. The average molecular weight is 436 g/mol. The normalized spacial score (nSPS) is 17.5. The second-order valence-electron chi connectivity index (χ2n) is 7.55. The van der Waals surface area contributed by atoms with Crippen molar-refractivity contribution >= 4 is 44.4 Å². The summed E-state index contributed by atoms with van der Waals surface area (Å²) in [5.41, 5.74) is 2.01. The highest BCUT2D eigenvalue weighted by Crippen LogP contribution is 2.41. The van der Waals surface area contributed by atoms with Crippen molar-refractivity contribution in [2.24, 2.45) is 0 Å². The van der Waals surface area contributed by atoms with Gasteiger partial charge in [0.05, 0.1) is 23.9 Å². The average Bonchev–Trinajstić information content (AvgIpc) is 3.47. The Labute approximate surface area is 182 Å². The third-order valence-electron chi connectivity index (χ3n) is 5.45. The fourth-order valence-electron chi connectivity index (χ4n) is 3.85. The van der Waals surface area contributed by atoms with E-state index in [4.69, 9.17) is 4.74 Å². The topological polar surface area (TPSA) is 101 Å². The zero-order valence-corrected chi connectivity index (χ0v) is 17.6. The summed E-state index contributed by atoms with van der Waals surface area (Å²) in [5.74, 6) is -0.134. The van der Waals surface area contributed by atoms with Gasteiger partial charge in [-0.15, -0.1) is 0 Å². The lowest BCUT2D eigenvalue weighted by atomic mass is 10.0. The molecule has 0 radical (unpaired) electrons. The molecule has 2 aliphatic rings. The molecule has 1 fully saturated rings. The predicted octanol–water partition coefficient (Wildman–Crippen LogP) is 2.72. The molecule has 2 N–H and O–H groups in total. The van der Waals surface area contributed by atoms with Crippen LogP contribution >= 0.6 is 11.3 Å². The fraction of sp³-hybridized carbons (Fsp3) is 0.273. The van der Waals surface area contributed by atoms with Gasteiger partial charge in [0, 0.05) is 11.6 Å². The van der Waals surface area contributed by atoms with Crippen LogP contribution in [0.2, 0.25) is 0 Å². The second kappa shape index (κ2) is 7.66. The Morgan fingerprint density at radius 3 is 2.81 bits per heavy atom. The van der Waals surface area contributed by atoms with Gasteiger partial charge in [-0.05, 0) is 42.7 Å². The number of nitrogens with one attached hydrogen (secondary N) is 2. The standard InChI is InChI=1S/C22H20N4O4S/c1-30-13-8-9-16-17(10-13)31-22(24-16)25-18(27)11-23-20(28)19-14-4-2-3-5-15(14)21(29)26(19)12-6-7-12/h2-5,8-10,12,19H,6-7,11H2,1H3,(H,23,28)(H,24,25,27). The van der Waals surface area contributed by atoms with Crippen molar-refractivity contribution < 1.29 is 19.1 Å². The van der Waals surface area contributed by atoms with Crippen molar-refractivity contribution in [3.63, 3.8) is 0 Å². The number of methoxy groups -OCH3 is 1. The van der Waals surface area contributed by atoms with Gasteiger partial charge >= 0.3 is 0 Å². The molecule has 0 saturated heterocycles. The Kier molecular flexibility index (Phi) is 4.82. The summed E-state index contributed by atoms with van der Waals surface area (Å²) in [6.45, 7) is -0.205. The van der Waals surface area contributed by atoms with Gasteiger partial charge in [0.15, 0.2) is 5.13 Å². The van der Waals surface area contributed by atoms with Gasteiger partial charge in [-0.3, -0.25) is 14.4 Å². The first-order valence-electron chi connectivity index (χ1n) is 9.99. The SMILES string of the molecule is COc1ccc2nc(NC(=O)CNC(=O)C3c4ccccc4C(=O)N3C3CC3)sc2c1. The van der Waals surface area contributed by atoms with Crippen LogP contribution in [0.1, 0.15) is 34.8 Å². The number of hydrogen-bond donors (Lipinski definition) is 2. The number of thiazole rings is 1. The van der Waals surface area contributed by atoms with Gasteiger partial charge in [0.2, 0.25) is 11.8 Å². The zero-order valence-electron chi connectivity index (χ0n) is 16.8. The van der Waals surface area contributed by atoms with E-state index in [-0.39, 0.29) is 30.3 Å². The number of nitrogens with zero attached hydrogens (tertiary/aromatic N) is 2. The van der Waals surface area contributed by atoms with Crippen LogP contribution in [-0.2, 0) is 9.59 Å². The predicted molar refractivity (Wildman–Crippen MR) is 116 cm³/mol. The van der Waals surface area contributed by atoms with E-state index >= 15 is 0 Å². The molecule has 1 aliphatic carbocycles. The van der Waals surface area contributed by atoms with E-state index in [1.165, 1.54) is 11.3 Å². The molecule has 0 spiro atoms. The van der Waals surface area contributed by atoms with Crippen LogP contribution in [0.4, 0.5) is 5.13 Å². The lowest BCUT2D eigenvalue weighted by Gasteiger charge is -2.24. The number of hydrogen-bond acceptors (Lipinski definition) is 6. The molecule has 1 saturated carbocycles. The second-order valence-corrected chi connectivity index (χ2v) is 8.58. The highest BCUT2D eigenvalue weighted by atomic mass is 32.1. The van der Waals surface area contributed by atoms with Gasteiger partial charge in [-0.2, -0.15) is 0 Å². The molecule has 2 heterocycles. The maximum atomic E-state index is 13.0. The molecule has 5 rings (SSSR count). The van der Waals surface area contributed by atoms with E-state index in [9.17, 15) is 14.4 Å². The summed E-state index contributed by atoms with van der Waals surface area (Å²) in [7, 11) is 1.59. The molecule has 0 bridgehead atoms. The number of fused-ring (bicyclic) bond motifs is 2. The lowest BCUT2D eigenvalue weighted by molar-refractivity contribution is -0.127. The van der Waals surface area contributed by atoms with Crippen molar-refractivity contribution in [2.75, 3.05) is 19.0 Å². The first kappa shape index (κ1) is 19.5. The molecule has 1 aromatic heterocycles. The molecule has 3 amide bonds. The molecule has 9 heteroatoms. The van der Waals surface area contributed by atoms with Crippen molar-refractivity contribution in [3.05, 3.63) is 53.6 Å². The maximum absolute atomic E-state index is 13.0. The van der Waals surface area contributed by atoms with Crippen LogP contribution < -0.4 is 15.4 Å². The van der Waals surface area contributed by atoms with Crippen LogP contribution in [0, 0.1) is 0 Å². The van der Waals surface area contributed by atoms with Gasteiger partial charge in [-0.25, -0.2) is 4.98 Å². The maximum Gasteiger partial charge on any atom is 0.255 e. The molecular formula is C22H20N4O4S. The van der Waals surface area contributed by atoms with E-state index in [0.29, 0.717) is 22.0 Å². The Bertz CT molecular complexity index is 1200. The third-order valence-corrected chi connectivity index (χ3v) is 6.39. The summed E-state index contributed by atoms with van der Waals surface area (Å²) in [5, 5.41) is 5.85. The summed E-state index contributed by atoms with van der Waals surface area (Å²) in [6, 6.07) is 12.0. The van der Waals surface area contributed by atoms with Crippen molar-refractivity contribution in [1.82, 2.24) is 15.2 Å². The number of ether oxygens (including phenoxy) is 1.